The van der Waals surface area contributed by atoms with Gasteiger partial charge >= 0.3 is 0 Å². The van der Waals surface area contributed by atoms with E-state index in [1.165, 1.54) is 0 Å². The van der Waals surface area contributed by atoms with Crippen molar-refractivity contribution >= 4 is 32.3 Å². The molecule has 0 bridgehead atoms. The largest absolute Gasteiger partial charge is 0.471 e. The van der Waals surface area contributed by atoms with Gasteiger partial charge in [-0.05, 0) is 0 Å². The molecule has 0 fully saturated rings. The standard InChI is InChI=1S/C12H6O3/c1-7-8(2-13-1)10-4-15-6-12(10)11-5-14-3-9(7)11/h1-6H. The molecule has 0 radical (unpaired) electrons. The minimum absolute atomic E-state index is 1.06. The Bertz CT molecular complexity index is 575. The van der Waals surface area contributed by atoms with Gasteiger partial charge in [0.2, 0.25) is 0 Å². The van der Waals surface area contributed by atoms with Gasteiger partial charge in [-0.3, -0.25) is 0 Å². The van der Waals surface area contributed by atoms with Crippen LogP contribution in [0.5, 0.6) is 0 Å². The fourth-order valence-electron chi connectivity index (χ4n) is 2.14. The molecule has 3 heterocycles. The van der Waals surface area contributed by atoms with Gasteiger partial charge in [-0.15, -0.1) is 0 Å². The van der Waals surface area contributed by atoms with Gasteiger partial charge in [0.25, 0.3) is 0 Å². The van der Waals surface area contributed by atoms with Crippen molar-refractivity contribution in [2.45, 2.75) is 0 Å². The van der Waals surface area contributed by atoms with Crippen molar-refractivity contribution in [1.29, 1.82) is 0 Å². The van der Waals surface area contributed by atoms with Crippen molar-refractivity contribution < 1.29 is 13.3 Å². The van der Waals surface area contributed by atoms with Crippen molar-refractivity contribution in [2.75, 3.05) is 0 Å². The van der Waals surface area contributed by atoms with E-state index in [2.05, 4.69) is 0 Å². The highest BCUT2D eigenvalue weighted by Gasteiger charge is 2.12. The third-order valence-corrected chi connectivity index (χ3v) is 2.86. The molecule has 0 spiro atoms. The minimum Gasteiger partial charge on any atom is -0.471 e. The van der Waals surface area contributed by atoms with E-state index in [1.54, 1.807) is 37.6 Å². The van der Waals surface area contributed by atoms with E-state index >= 15 is 0 Å². The monoisotopic (exact) mass is 198 g/mol. The molecule has 72 valence electrons. The second-order valence-electron chi connectivity index (χ2n) is 3.60. The Labute approximate surface area is 83.9 Å². The zero-order chi connectivity index (χ0) is 9.83. The molecule has 15 heavy (non-hydrogen) atoms. The smallest absolute Gasteiger partial charge is 0.0988 e. The molecule has 4 rings (SSSR count). The van der Waals surface area contributed by atoms with Crippen LogP contribution < -0.4 is 0 Å². The molecule has 0 N–H and O–H groups in total. The number of hydrogen-bond donors (Lipinski definition) is 0. The molecule has 1 aromatic carbocycles. The van der Waals surface area contributed by atoms with E-state index in [0.717, 1.165) is 32.3 Å². The molecule has 4 aromatic rings. The predicted octanol–water partition coefficient (Wildman–Crippen LogP) is 3.93. The van der Waals surface area contributed by atoms with Gasteiger partial charge in [0, 0.05) is 32.3 Å². The van der Waals surface area contributed by atoms with Gasteiger partial charge in [0.1, 0.15) is 0 Å². The lowest BCUT2D eigenvalue weighted by Gasteiger charge is -1.93. The van der Waals surface area contributed by atoms with Gasteiger partial charge < -0.3 is 13.3 Å². The molecule has 0 aliphatic heterocycles. The fourth-order valence-corrected chi connectivity index (χ4v) is 2.14. The molecule has 0 amide bonds. The van der Waals surface area contributed by atoms with Crippen molar-refractivity contribution in [1.82, 2.24) is 0 Å². The molecule has 0 saturated carbocycles. The summed E-state index contributed by atoms with van der Waals surface area (Å²) in [5.41, 5.74) is 0. The van der Waals surface area contributed by atoms with Crippen LogP contribution in [0.25, 0.3) is 32.3 Å². The second-order valence-corrected chi connectivity index (χ2v) is 3.60. The lowest BCUT2D eigenvalue weighted by Crippen LogP contribution is -1.70. The number of hydrogen-bond acceptors (Lipinski definition) is 3. The van der Waals surface area contributed by atoms with Crippen LogP contribution in [0, 0.1) is 0 Å². The first-order chi connectivity index (χ1) is 7.45. The number of fused-ring (bicyclic) bond motifs is 6. The Morgan fingerprint density at radius 2 is 0.600 bits per heavy atom. The Morgan fingerprint density at radius 1 is 0.400 bits per heavy atom. The summed E-state index contributed by atoms with van der Waals surface area (Å²) in [5, 5.41) is 6.38. The summed E-state index contributed by atoms with van der Waals surface area (Å²) in [4.78, 5) is 0. The van der Waals surface area contributed by atoms with E-state index in [-0.39, 0.29) is 0 Å². The summed E-state index contributed by atoms with van der Waals surface area (Å²) >= 11 is 0. The van der Waals surface area contributed by atoms with Crippen molar-refractivity contribution in [3.8, 4) is 0 Å². The van der Waals surface area contributed by atoms with Crippen LogP contribution in [0.1, 0.15) is 0 Å². The van der Waals surface area contributed by atoms with E-state index in [4.69, 9.17) is 13.3 Å². The van der Waals surface area contributed by atoms with E-state index in [1.807, 2.05) is 0 Å². The average molecular weight is 198 g/mol. The SMILES string of the molecule is c1occ2c1c1cocc1c1cocc21. The molecule has 0 aliphatic carbocycles. The first kappa shape index (κ1) is 7.17. The van der Waals surface area contributed by atoms with Crippen LogP contribution in [0.4, 0.5) is 0 Å². The maximum Gasteiger partial charge on any atom is 0.0988 e. The Morgan fingerprint density at radius 3 is 0.800 bits per heavy atom. The maximum absolute atomic E-state index is 5.24. The third-order valence-electron chi connectivity index (χ3n) is 2.86. The van der Waals surface area contributed by atoms with Crippen LogP contribution in [0.3, 0.4) is 0 Å². The molecular formula is C12H6O3. The fraction of sp³-hybridized carbons (Fsp3) is 0. The lowest BCUT2D eigenvalue weighted by molar-refractivity contribution is 0.570. The molecular weight excluding hydrogens is 192 g/mol. The van der Waals surface area contributed by atoms with Gasteiger partial charge in [-0.1, -0.05) is 0 Å². The van der Waals surface area contributed by atoms with Gasteiger partial charge in [0.15, 0.2) is 0 Å². The molecule has 0 aliphatic rings. The molecule has 0 saturated heterocycles. The zero-order valence-corrected chi connectivity index (χ0v) is 7.69. The molecule has 0 atom stereocenters. The minimum atomic E-state index is 1.06. The summed E-state index contributed by atoms with van der Waals surface area (Å²) in [5.74, 6) is 0. The van der Waals surface area contributed by atoms with Gasteiger partial charge in [0.05, 0.1) is 37.6 Å². The van der Waals surface area contributed by atoms with Crippen molar-refractivity contribution in [2.24, 2.45) is 0 Å². The number of furan rings is 3. The van der Waals surface area contributed by atoms with Crippen LogP contribution in [-0.4, -0.2) is 0 Å². The highest BCUT2D eigenvalue weighted by Crippen LogP contribution is 2.36. The normalized spacial score (nSPS) is 12.0. The second kappa shape index (κ2) is 2.25. The Kier molecular flexibility index (Phi) is 1.08. The Hall–Kier alpha value is -2.16. The van der Waals surface area contributed by atoms with Crippen molar-refractivity contribution in [3.63, 3.8) is 0 Å². The third kappa shape index (κ3) is 0.722. The highest BCUT2D eigenvalue weighted by atomic mass is 16.3. The summed E-state index contributed by atoms with van der Waals surface area (Å²) < 4.78 is 15.7. The summed E-state index contributed by atoms with van der Waals surface area (Å²) in [7, 11) is 0. The van der Waals surface area contributed by atoms with Crippen LogP contribution in [0.15, 0.2) is 50.8 Å². The van der Waals surface area contributed by atoms with E-state index in [9.17, 15) is 0 Å². The zero-order valence-electron chi connectivity index (χ0n) is 7.69. The molecule has 3 heteroatoms. The lowest BCUT2D eigenvalue weighted by atomic mass is 10.0. The maximum atomic E-state index is 5.24. The van der Waals surface area contributed by atoms with Gasteiger partial charge in [-0.2, -0.15) is 0 Å². The van der Waals surface area contributed by atoms with E-state index in [0.29, 0.717) is 0 Å². The van der Waals surface area contributed by atoms with Gasteiger partial charge in [-0.25, -0.2) is 0 Å². The Balaban J connectivity index is 2.56. The van der Waals surface area contributed by atoms with Crippen molar-refractivity contribution in [3.05, 3.63) is 37.6 Å². The van der Waals surface area contributed by atoms with Crippen LogP contribution in [-0.2, 0) is 0 Å². The summed E-state index contributed by atoms with van der Waals surface area (Å²) in [6, 6.07) is 0. The highest BCUT2D eigenvalue weighted by molar-refractivity contribution is 6.24. The van der Waals surface area contributed by atoms with Crippen LogP contribution >= 0.6 is 0 Å². The van der Waals surface area contributed by atoms with Crippen LogP contribution in [0.2, 0.25) is 0 Å². The summed E-state index contributed by atoms with van der Waals surface area (Å²) in [6.45, 7) is 0. The molecule has 3 nitrogen and oxygen atoms in total. The number of benzene rings is 1. The first-order valence-corrected chi connectivity index (χ1v) is 4.65. The number of rotatable bonds is 0. The molecule has 0 unspecified atom stereocenters. The predicted molar refractivity (Wildman–Crippen MR) is 55.8 cm³/mol. The topological polar surface area (TPSA) is 39.4 Å². The first-order valence-electron chi connectivity index (χ1n) is 4.65. The van der Waals surface area contributed by atoms with E-state index < -0.39 is 0 Å². The quantitative estimate of drug-likeness (QED) is 0.429. The molecule has 3 aromatic heterocycles. The average Bonchev–Trinajstić information content (AvgIpc) is 2.97. The summed E-state index contributed by atoms with van der Waals surface area (Å²) in [6.07, 6.45) is 10.4.